The van der Waals surface area contributed by atoms with Gasteiger partial charge in [-0.1, -0.05) is 30.3 Å². The van der Waals surface area contributed by atoms with Gasteiger partial charge in [-0.15, -0.1) is 0 Å². The maximum Gasteiger partial charge on any atom is 0.407 e. The summed E-state index contributed by atoms with van der Waals surface area (Å²) in [5, 5.41) is 13.6. The molecule has 6 heteroatoms. The van der Waals surface area contributed by atoms with Gasteiger partial charge in [-0.3, -0.25) is 0 Å². The third kappa shape index (κ3) is 4.31. The van der Waals surface area contributed by atoms with E-state index in [9.17, 15) is 9.90 Å². The number of carbonyl (C=O) groups is 1. The van der Waals surface area contributed by atoms with Gasteiger partial charge in [0.05, 0.1) is 5.52 Å². The average molecular weight is 390 g/mol. The number of likely N-dealkylation sites (tertiary alicyclic amines) is 1. The number of aromatic nitrogens is 2. The second-order valence-corrected chi connectivity index (χ2v) is 7.62. The molecule has 29 heavy (non-hydrogen) atoms. The first-order chi connectivity index (χ1) is 14.1. The molecule has 1 aliphatic rings. The fourth-order valence-corrected chi connectivity index (χ4v) is 4.09. The van der Waals surface area contributed by atoms with E-state index in [0.717, 1.165) is 42.1 Å². The predicted molar refractivity (Wildman–Crippen MR) is 115 cm³/mol. The van der Waals surface area contributed by atoms with E-state index in [1.54, 1.807) is 4.90 Å². The largest absolute Gasteiger partial charge is 0.465 e. The van der Waals surface area contributed by atoms with E-state index in [2.05, 4.69) is 46.5 Å². The summed E-state index contributed by atoms with van der Waals surface area (Å²) in [5.41, 5.74) is 4.51. The minimum atomic E-state index is -0.818. The molecule has 2 heterocycles. The molecule has 2 aromatic carbocycles. The molecule has 1 atom stereocenters. The number of rotatable bonds is 5. The molecule has 0 spiro atoms. The SMILES string of the molecule is Cc1ccccc1-c1ccc2nc(NCCC3CCCCN3C(=O)O)ncc2c1. The van der Waals surface area contributed by atoms with Gasteiger partial charge in [0.1, 0.15) is 0 Å². The van der Waals surface area contributed by atoms with Crippen molar-refractivity contribution in [3.8, 4) is 11.1 Å². The Morgan fingerprint density at radius 2 is 2.10 bits per heavy atom. The molecule has 0 bridgehead atoms. The fourth-order valence-electron chi connectivity index (χ4n) is 4.09. The van der Waals surface area contributed by atoms with Crippen molar-refractivity contribution < 1.29 is 9.90 Å². The number of fused-ring (bicyclic) bond motifs is 1. The number of benzene rings is 2. The Kier molecular flexibility index (Phi) is 5.60. The predicted octanol–water partition coefficient (Wildman–Crippen LogP) is 4.94. The van der Waals surface area contributed by atoms with E-state index in [-0.39, 0.29) is 6.04 Å². The standard InChI is InChI=1S/C23H26N4O2/c1-16-6-2-3-8-20(16)17-9-10-21-18(14-17)15-25-22(26-21)24-12-11-19-7-4-5-13-27(19)23(28)29/h2-3,6,8-10,14-15,19H,4-5,7,11-13H2,1H3,(H,28,29)(H,24,25,26). The summed E-state index contributed by atoms with van der Waals surface area (Å²) in [5.74, 6) is 0.582. The van der Waals surface area contributed by atoms with E-state index >= 15 is 0 Å². The molecule has 1 saturated heterocycles. The molecule has 150 valence electrons. The van der Waals surface area contributed by atoms with E-state index in [1.807, 2.05) is 24.4 Å². The van der Waals surface area contributed by atoms with Crippen LogP contribution in [-0.4, -0.2) is 45.2 Å². The van der Waals surface area contributed by atoms with E-state index in [4.69, 9.17) is 0 Å². The molecule has 0 saturated carbocycles. The van der Waals surface area contributed by atoms with Gasteiger partial charge < -0.3 is 15.3 Å². The van der Waals surface area contributed by atoms with Crippen LogP contribution in [0, 0.1) is 6.92 Å². The summed E-state index contributed by atoms with van der Waals surface area (Å²) >= 11 is 0. The minimum Gasteiger partial charge on any atom is -0.465 e. The summed E-state index contributed by atoms with van der Waals surface area (Å²) < 4.78 is 0. The number of carboxylic acid groups (broad SMARTS) is 1. The Morgan fingerprint density at radius 1 is 1.24 bits per heavy atom. The lowest BCUT2D eigenvalue weighted by molar-refractivity contribution is 0.105. The molecule has 1 aromatic heterocycles. The topological polar surface area (TPSA) is 78.4 Å². The van der Waals surface area contributed by atoms with Crippen molar-refractivity contribution in [1.82, 2.24) is 14.9 Å². The van der Waals surface area contributed by atoms with Gasteiger partial charge in [-0.2, -0.15) is 0 Å². The van der Waals surface area contributed by atoms with Crippen LogP contribution in [0.3, 0.4) is 0 Å². The van der Waals surface area contributed by atoms with Gasteiger partial charge in [0, 0.05) is 30.7 Å². The van der Waals surface area contributed by atoms with E-state index < -0.39 is 6.09 Å². The summed E-state index contributed by atoms with van der Waals surface area (Å²) in [6.45, 7) is 3.40. The number of hydrogen-bond donors (Lipinski definition) is 2. The van der Waals surface area contributed by atoms with Crippen molar-refractivity contribution in [2.24, 2.45) is 0 Å². The van der Waals surface area contributed by atoms with Crippen LogP contribution in [0.2, 0.25) is 0 Å². The van der Waals surface area contributed by atoms with Crippen LogP contribution in [0.25, 0.3) is 22.0 Å². The molecule has 3 aromatic rings. The molecule has 0 radical (unpaired) electrons. The summed E-state index contributed by atoms with van der Waals surface area (Å²) in [4.78, 5) is 22.0. The number of amides is 1. The molecule has 1 unspecified atom stereocenters. The smallest absolute Gasteiger partial charge is 0.407 e. The Morgan fingerprint density at radius 3 is 2.93 bits per heavy atom. The van der Waals surface area contributed by atoms with Crippen molar-refractivity contribution >= 4 is 22.9 Å². The molecule has 1 amide bonds. The minimum absolute atomic E-state index is 0.0749. The molecule has 6 nitrogen and oxygen atoms in total. The van der Waals surface area contributed by atoms with Crippen LogP contribution in [0.5, 0.6) is 0 Å². The molecule has 1 aliphatic heterocycles. The maximum absolute atomic E-state index is 11.4. The molecule has 2 N–H and O–H groups in total. The highest BCUT2D eigenvalue weighted by molar-refractivity contribution is 5.85. The van der Waals surface area contributed by atoms with Crippen LogP contribution in [0.15, 0.2) is 48.7 Å². The van der Waals surface area contributed by atoms with Crippen molar-refractivity contribution in [3.63, 3.8) is 0 Å². The van der Waals surface area contributed by atoms with Crippen molar-refractivity contribution in [1.29, 1.82) is 0 Å². The first-order valence-electron chi connectivity index (χ1n) is 10.2. The second kappa shape index (κ2) is 8.47. The van der Waals surface area contributed by atoms with Gasteiger partial charge >= 0.3 is 6.09 Å². The molecular formula is C23H26N4O2. The Balaban J connectivity index is 1.43. The molecule has 1 fully saturated rings. The Labute approximate surface area is 170 Å². The van der Waals surface area contributed by atoms with Crippen LogP contribution in [0.1, 0.15) is 31.2 Å². The lowest BCUT2D eigenvalue weighted by Crippen LogP contribution is -2.43. The van der Waals surface area contributed by atoms with Crippen molar-refractivity contribution in [2.75, 3.05) is 18.4 Å². The first kappa shape index (κ1) is 19.2. The number of anilines is 1. The third-order valence-corrected chi connectivity index (χ3v) is 5.67. The maximum atomic E-state index is 11.4. The lowest BCUT2D eigenvalue weighted by atomic mass is 9.99. The number of hydrogen-bond acceptors (Lipinski definition) is 4. The number of piperidine rings is 1. The summed E-state index contributed by atoms with van der Waals surface area (Å²) in [7, 11) is 0. The van der Waals surface area contributed by atoms with Crippen molar-refractivity contribution in [3.05, 3.63) is 54.2 Å². The highest BCUT2D eigenvalue weighted by Gasteiger charge is 2.25. The quantitative estimate of drug-likeness (QED) is 0.645. The number of aryl methyl sites for hydroxylation is 1. The zero-order valence-electron chi connectivity index (χ0n) is 16.6. The van der Waals surface area contributed by atoms with Gasteiger partial charge in [-0.05, 0) is 61.4 Å². The van der Waals surface area contributed by atoms with Gasteiger partial charge in [0.2, 0.25) is 5.95 Å². The molecule has 0 aliphatic carbocycles. The number of nitrogens with zero attached hydrogens (tertiary/aromatic N) is 3. The average Bonchev–Trinajstić information content (AvgIpc) is 2.74. The second-order valence-electron chi connectivity index (χ2n) is 7.62. The lowest BCUT2D eigenvalue weighted by Gasteiger charge is -2.33. The van der Waals surface area contributed by atoms with Gasteiger partial charge in [0.25, 0.3) is 0 Å². The summed E-state index contributed by atoms with van der Waals surface area (Å²) in [6, 6.07) is 14.6. The first-order valence-corrected chi connectivity index (χ1v) is 10.2. The molecular weight excluding hydrogens is 364 g/mol. The molecule has 4 rings (SSSR count). The van der Waals surface area contributed by atoms with Crippen LogP contribution in [-0.2, 0) is 0 Å². The van der Waals surface area contributed by atoms with Gasteiger partial charge in [0.15, 0.2) is 0 Å². The monoisotopic (exact) mass is 390 g/mol. The zero-order chi connectivity index (χ0) is 20.2. The summed E-state index contributed by atoms with van der Waals surface area (Å²) in [6.07, 6.45) is 4.75. The fraction of sp³-hybridized carbons (Fsp3) is 0.348. The highest BCUT2D eigenvalue weighted by atomic mass is 16.4. The van der Waals surface area contributed by atoms with Crippen LogP contribution in [0.4, 0.5) is 10.7 Å². The van der Waals surface area contributed by atoms with E-state index in [0.29, 0.717) is 19.0 Å². The highest BCUT2D eigenvalue weighted by Crippen LogP contribution is 2.26. The Hall–Kier alpha value is -3.15. The van der Waals surface area contributed by atoms with E-state index in [1.165, 1.54) is 11.1 Å². The van der Waals surface area contributed by atoms with Gasteiger partial charge in [-0.25, -0.2) is 14.8 Å². The normalized spacial score (nSPS) is 16.7. The van der Waals surface area contributed by atoms with Crippen LogP contribution < -0.4 is 5.32 Å². The third-order valence-electron chi connectivity index (χ3n) is 5.67. The zero-order valence-corrected chi connectivity index (χ0v) is 16.6. The van der Waals surface area contributed by atoms with Crippen LogP contribution >= 0.6 is 0 Å². The Bertz CT molecular complexity index is 1020. The number of nitrogens with one attached hydrogen (secondary N) is 1. The van der Waals surface area contributed by atoms with Crippen molar-refractivity contribution in [2.45, 2.75) is 38.6 Å².